The van der Waals surface area contributed by atoms with Crippen molar-refractivity contribution in [2.24, 2.45) is 0 Å². The van der Waals surface area contributed by atoms with Crippen LogP contribution in [0.3, 0.4) is 0 Å². The number of nitriles is 1. The lowest BCUT2D eigenvalue weighted by Gasteiger charge is -2.22. The van der Waals surface area contributed by atoms with Crippen LogP contribution < -0.4 is 10.2 Å². The molecule has 0 bridgehead atoms. The van der Waals surface area contributed by atoms with Crippen molar-refractivity contribution in [2.45, 2.75) is 13.8 Å². The summed E-state index contributed by atoms with van der Waals surface area (Å²) >= 11 is 0. The fraction of sp³-hybridized carbons (Fsp3) is 0.222. The van der Waals surface area contributed by atoms with Crippen molar-refractivity contribution in [3.05, 3.63) is 59.7 Å². The van der Waals surface area contributed by atoms with Gasteiger partial charge in [0, 0.05) is 17.9 Å². The number of amides is 1. The number of benzene rings is 2. The maximum atomic E-state index is 12.2. The third-order valence-electron chi connectivity index (χ3n) is 3.38. The number of nitrogens with one attached hydrogen (secondary N) is 1. The normalized spacial score (nSPS) is 9.86. The fourth-order valence-corrected chi connectivity index (χ4v) is 2.21. The lowest BCUT2D eigenvalue weighted by Crippen LogP contribution is -2.33. The van der Waals surface area contributed by atoms with E-state index in [4.69, 9.17) is 5.26 Å². The van der Waals surface area contributed by atoms with E-state index in [1.54, 1.807) is 24.3 Å². The minimum atomic E-state index is -0.0759. The third-order valence-corrected chi connectivity index (χ3v) is 3.38. The summed E-state index contributed by atoms with van der Waals surface area (Å²) in [7, 11) is 0. The van der Waals surface area contributed by atoms with Crippen LogP contribution in [-0.4, -0.2) is 19.0 Å². The molecular weight excluding hydrogens is 274 g/mol. The van der Waals surface area contributed by atoms with Gasteiger partial charge in [-0.05, 0) is 55.8 Å². The Morgan fingerprint density at radius 2 is 1.95 bits per heavy atom. The number of hydrogen-bond donors (Lipinski definition) is 1. The van der Waals surface area contributed by atoms with Crippen molar-refractivity contribution < 1.29 is 4.79 Å². The standard InChI is InChI=1S/C18H19N3O/c1-3-21(17-6-4-5-14(2)11-17)13-18(22)20-16-9-7-15(12-19)8-10-16/h4-11H,3,13H2,1-2H3,(H,20,22). The second kappa shape index (κ2) is 7.28. The van der Waals surface area contributed by atoms with Gasteiger partial charge < -0.3 is 10.2 Å². The van der Waals surface area contributed by atoms with Crippen molar-refractivity contribution in [2.75, 3.05) is 23.3 Å². The van der Waals surface area contributed by atoms with E-state index in [9.17, 15) is 4.79 Å². The highest BCUT2D eigenvalue weighted by atomic mass is 16.2. The molecule has 0 aliphatic heterocycles. The Morgan fingerprint density at radius 3 is 2.55 bits per heavy atom. The molecule has 22 heavy (non-hydrogen) atoms. The smallest absolute Gasteiger partial charge is 0.243 e. The van der Waals surface area contributed by atoms with Crippen LogP contribution in [0.15, 0.2) is 48.5 Å². The number of aryl methyl sites for hydroxylation is 1. The summed E-state index contributed by atoms with van der Waals surface area (Å²) in [4.78, 5) is 14.2. The number of nitrogens with zero attached hydrogens (tertiary/aromatic N) is 2. The second-order valence-corrected chi connectivity index (χ2v) is 5.09. The number of anilines is 2. The van der Waals surface area contributed by atoms with Crippen LogP contribution in [0, 0.1) is 18.3 Å². The highest BCUT2D eigenvalue weighted by molar-refractivity contribution is 5.94. The van der Waals surface area contributed by atoms with Gasteiger partial charge in [0.15, 0.2) is 0 Å². The van der Waals surface area contributed by atoms with Gasteiger partial charge in [-0.25, -0.2) is 0 Å². The molecule has 0 spiro atoms. The molecule has 0 unspecified atom stereocenters. The summed E-state index contributed by atoms with van der Waals surface area (Å²) in [5.74, 6) is -0.0759. The SMILES string of the molecule is CCN(CC(=O)Nc1ccc(C#N)cc1)c1cccc(C)c1. The van der Waals surface area contributed by atoms with Crippen LogP contribution in [0.25, 0.3) is 0 Å². The molecule has 0 aliphatic rings. The van der Waals surface area contributed by atoms with E-state index in [0.717, 1.165) is 12.2 Å². The number of likely N-dealkylation sites (N-methyl/N-ethyl adjacent to an activating group) is 1. The first-order chi connectivity index (χ1) is 10.6. The Labute approximate surface area is 131 Å². The summed E-state index contributed by atoms with van der Waals surface area (Å²) in [6.45, 7) is 5.11. The van der Waals surface area contributed by atoms with E-state index < -0.39 is 0 Å². The lowest BCUT2D eigenvalue weighted by molar-refractivity contribution is -0.115. The highest BCUT2D eigenvalue weighted by Gasteiger charge is 2.10. The molecule has 0 saturated carbocycles. The van der Waals surface area contributed by atoms with Crippen LogP contribution in [0.5, 0.6) is 0 Å². The highest BCUT2D eigenvalue weighted by Crippen LogP contribution is 2.16. The zero-order chi connectivity index (χ0) is 15.9. The predicted octanol–water partition coefficient (Wildman–Crippen LogP) is 3.33. The molecule has 0 saturated heterocycles. The second-order valence-electron chi connectivity index (χ2n) is 5.09. The van der Waals surface area contributed by atoms with Crippen LogP contribution in [0.4, 0.5) is 11.4 Å². The molecule has 2 rings (SSSR count). The van der Waals surface area contributed by atoms with Crippen molar-refractivity contribution in [1.82, 2.24) is 0 Å². The Morgan fingerprint density at radius 1 is 1.23 bits per heavy atom. The zero-order valence-electron chi connectivity index (χ0n) is 12.8. The molecule has 0 heterocycles. The number of carbonyl (C=O) groups excluding carboxylic acids is 1. The summed E-state index contributed by atoms with van der Waals surface area (Å²) in [5.41, 5.74) is 3.48. The Balaban J connectivity index is 2.01. The van der Waals surface area contributed by atoms with Gasteiger partial charge in [0.05, 0.1) is 18.2 Å². The topological polar surface area (TPSA) is 56.1 Å². The van der Waals surface area contributed by atoms with Gasteiger partial charge in [-0.2, -0.15) is 5.26 Å². The predicted molar refractivity (Wildman–Crippen MR) is 88.9 cm³/mol. The van der Waals surface area contributed by atoms with Crippen LogP contribution >= 0.6 is 0 Å². The van der Waals surface area contributed by atoms with Gasteiger partial charge in [0.1, 0.15) is 0 Å². The van der Waals surface area contributed by atoms with Crippen molar-refractivity contribution in [3.8, 4) is 6.07 Å². The van der Waals surface area contributed by atoms with Gasteiger partial charge in [-0.15, -0.1) is 0 Å². The summed E-state index contributed by atoms with van der Waals surface area (Å²) in [6, 6.07) is 17.0. The Bertz CT molecular complexity index is 686. The number of hydrogen-bond acceptors (Lipinski definition) is 3. The molecule has 4 nitrogen and oxygen atoms in total. The minimum absolute atomic E-state index is 0.0759. The summed E-state index contributed by atoms with van der Waals surface area (Å²) in [6.07, 6.45) is 0. The monoisotopic (exact) mass is 293 g/mol. The van der Waals surface area contributed by atoms with Gasteiger partial charge in [0.25, 0.3) is 0 Å². The van der Waals surface area contributed by atoms with Gasteiger partial charge >= 0.3 is 0 Å². The van der Waals surface area contributed by atoms with E-state index in [-0.39, 0.29) is 5.91 Å². The molecule has 2 aromatic rings. The molecule has 2 aromatic carbocycles. The van der Waals surface area contributed by atoms with Gasteiger partial charge in [-0.3, -0.25) is 4.79 Å². The molecule has 4 heteroatoms. The molecule has 0 aromatic heterocycles. The third kappa shape index (κ3) is 4.10. The molecule has 1 N–H and O–H groups in total. The quantitative estimate of drug-likeness (QED) is 0.920. The van der Waals surface area contributed by atoms with E-state index in [0.29, 0.717) is 17.8 Å². The summed E-state index contributed by atoms with van der Waals surface area (Å²) < 4.78 is 0. The molecular formula is C18H19N3O. The lowest BCUT2D eigenvalue weighted by atomic mass is 10.2. The van der Waals surface area contributed by atoms with E-state index in [1.165, 1.54) is 5.56 Å². The average molecular weight is 293 g/mol. The van der Waals surface area contributed by atoms with Crippen molar-refractivity contribution in [1.29, 1.82) is 5.26 Å². The van der Waals surface area contributed by atoms with E-state index in [1.807, 2.05) is 36.9 Å². The number of rotatable bonds is 5. The van der Waals surface area contributed by atoms with E-state index in [2.05, 4.69) is 17.5 Å². The van der Waals surface area contributed by atoms with Crippen molar-refractivity contribution >= 4 is 17.3 Å². The fourth-order valence-electron chi connectivity index (χ4n) is 2.21. The molecule has 1 amide bonds. The first kappa shape index (κ1) is 15.6. The van der Waals surface area contributed by atoms with Gasteiger partial charge in [-0.1, -0.05) is 12.1 Å². The molecule has 0 fully saturated rings. The number of carbonyl (C=O) groups is 1. The summed E-state index contributed by atoms with van der Waals surface area (Å²) in [5, 5.41) is 11.6. The van der Waals surface area contributed by atoms with E-state index >= 15 is 0 Å². The van der Waals surface area contributed by atoms with Gasteiger partial charge in [0.2, 0.25) is 5.91 Å². The van der Waals surface area contributed by atoms with Crippen LogP contribution in [0.2, 0.25) is 0 Å². The Kier molecular flexibility index (Phi) is 5.16. The van der Waals surface area contributed by atoms with Crippen molar-refractivity contribution in [3.63, 3.8) is 0 Å². The molecule has 112 valence electrons. The first-order valence-corrected chi connectivity index (χ1v) is 7.24. The first-order valence-electron chi connectivity index (χ1n) is 7.24. The maximum Gasteiger partial charge on any atom is 0.243 e. The molecule has 0 aliphatic carbocycles. The maximum absolute atomic E-state index is 12.2. The average Bonchev–Trinajstić information content (AvgIpc) is 2.53. The zero-order valence-corrected chi connectivity index (χ0v) is 12.8. The molecule has 0 radical (unpaired) electrons. The molecule has 0 atom stereocenters. The minimum Gasteiger partial charge on any atom is -0.362 e. The van der Waals surface area contributed by atoms with Crippen LogP contribution in [-0.2, 0) is 4.79 Å². The Hall–Kier alpha value is -2.80. The largest absolute Gasteiger partial charge is 0.362 e. The van der Waals surface area contributed by atoms with Crippen LogP contribution in [0.1, 0.15) is 18.1 Å².